The van der Waals surface area contributed by atoms with Crippen molar-refractivity contribution in [1.82, 2.24) is 14.9 Å². The average molecular weight is 415 g/mol. The van der Waals surface area contributed by atoms with E-state index in [0.717, 1.165) is 22.8 Å². The molecule has 0 atom stereocenters. The minimum Gasteiger partial charge on any atom is -0.497 e. The van der Waals surface area contributed by atoms with E-state index in [1.807, 2.05) is 30.3 Å². The second kappa shape index (κ2) is 9.56. The number of nitrogens with two attached hydrogens (primary N) is 1. The SMILES string of the molecule is COc1ccc(OC)c(CSc2nnc(COc3ccc(C(C)C)cc3)n2N)c1. The van der Waals surface area contributed by atoms with Gasteiger partial charge in [0, 0.05) is 11.3 Å². The standard InChI is InChI=1S/C21H26N4O3S/c1-14(2)15-5-7-17(8-6-15)28-12-20-23-24-21(25(20)22)29-13-16-11-18(26-3)9-10-19(16)27-4/h5-11,14H,12-13,22H2,1-4H3. The largest absolute Gasteiger partial charge is 0.497 e. The minimum atomic E-state index is 0.244. The van der Waals surface area contributed by atoms with Crippen molar-refractivity contribution in [3.8, 4) is 17.2 Å². The molecule has 29 heavy (non-hydrogen) atoms. The first kappa shape index (κ1) is 20.9. The fraction of sp³-hybridized carbons (Fsp3) is 0.333. The van der Waals surface area contributed by atoms with Crippen LogP contribution in [-0.2, 0) is 12.4 Å². The van der Waals surface area contributed by atoms with Gasteiger partial charge < -0.3 is 20.1 Å². The van der Waals surface area contributed by atoms with Crippen molar-refractivity contribution in [2.45, 2.75) is 37.3 Å². The van der Waals surface area contributed by atoms with Crippen LogP contribution in [-0.4, -0.2) is 29.1 Å². The molecule has 0 amide bonds. The molecule has 154 valence electrons. The molecule has 0 aliphatic carbocycles. The van der Waals surface area contributed by atoms with Gasteiger partial charge in [-0.3, -0.25) is 0 Å². The van der Waals surface area contributed by atoms with Crippen molar-refractivity contribution in [2.75, 3.05) is 20.1 Å². The summed E-state index contributed by atoms with van der Waals surface area (Å²) in [6.45, 7) is 4.56. The number of benzene rings is 2. The van der Waals surface area contributed by atoms with Gasteiger partial charge in [0.15, 0.2) is 5.82 Å². The number of rotatable bonds is 9. The van der Waals surface area contributed by atoms with Crippen LogP contribution in [0.4, 0.5) is 0 Å². The van der Waals surface area contributed by atoms with Gasteiger partial charge >= 0.3 is 0 Å². The van der Waals surface area contributed by atoms with E-state index in [1.165, 1.54) is 22.0 Å². The van der Waals surface area contributed by atoms with Crippen LogP contribution in [0.2, 0.25) is 0 Å². The molecule has 0 aliphatic rings. The third-order valence-corrected chi connectivity index (χ3v) is 5.49. The third-order valence-electron chi connectivity index (χ3n) is 4.49. The molecule has 2 aromatic carbocycles. The first-order valence-electron chi connectivity index (χ1n) is 9.27. The summed E-state index contributed by atoms with van der Waals surface area (Å²) >= 11 is 1.47. The van der Waals surface area contributed by atoms with Crippen molar-refractivity contribution in [3.63, 3.8) is 0 Å². The Kier molecular flexibility index (Phi) is 6.87. The van der Waals surface area contributed by atoms with Crippen LogP contribution < -0.4 is 20.1 Å². The molecule has 0 saturated carbocycles. The molecule has 0 spiro atoms. The number of ether oxygens (including phenoxy) is 3. The monoisotopic (exact) mass is 414 g/mol. The van der Waals surface area contributed by atoms with Gasteiger partial charge in [-0.2, -0.15) is 0 Å². The van der Waals surface area contributed by atoms with Gasteiger partial charge in [-0.15, -0.1) is 10.2 Å². The highest BCUT2D eigenvalue weighted by Gasteiger charge is 2.13. The number of methoxy groups -OCH3 is 2. The van der Waals surface area contributed by atoms with Crippen molar-refractivity contribution in [1.29, 1.82) is 0 Å². The average Bonchev–Trinajstić information content (AvgIpc) is 3.10. The Bertz CT molecular complexity index is 942. The van der Waals surface area contributed by atoms with Crippen LogP contribution in [0.15, 0.2) is 47.6 Å². The predicted octanol–water partition coefficient (Wildman–Crippen LogP) is 4.00. The quantitative estimate of drug-likeness (QED) is 0.418. The molecule has 3 aromatic rings. The number of thioether (sulfide) groups is 1. The maximum absolute atomic E-state index is 6.16. The molecule has 1 aromatic heterocycles. The summed E-state index contributed by atoms with van der Waals surface area (Å²) < 4.78 is 18.0. The van der Waals surface area contributed by atoms with Crippen LogP contribution in [0.1, 0.15) is 36.7 Å². The van der Waals surface area contributed by atoms with Crippen molar-refractivity contribution >= 4 is 11.8 Å². The number of nitrogens with zero attached hydrogens (tertiary/aromatic N) is 3. The maximum Gasteiger partial charge on any atom is 0.210 e. The van der Waals surface area contributed by atoms with Gasteiger partial charge in [0.25, 0.3) is 0 Å². The lowest BCUT2D eigenvalue weighted by Crippen LogP contribution is -2.15. The van der Waals surface area contributed by atoms with Gasteiger partial charge in [-0.05, 0) is 41.8 Å². The van der Waals surface area contributed by atoms with Gasteiger partial charge in [-0.1, -0.05) is 37.7 Å². The molecule has 0 saturated heterocycles. The Labute approximate surface area is 175 Å². The van der Waals surface area contributed by atoms with E-state index >= 15 is 0 Å². The Balaban J connectivity index is 1.62. The van der Waals surface area contributed by atoms with E-state index < -0.39 is 0 Å². The predicted molar refractivity (Wildman–Crippen MR) is 114 cm³/mol. The molecule has 0 aliphatic heterocycles. The molecule has 2 N–H and O–H groups in total. The zero-order chi connectivity index (χ0) is 20.8. The molecule has 0 unspecified atom stereocenters. The summed E-state index contributed by atoms with van der Waals surface area (Å²) in [7, 11) is 3.28. The van der Waals surface area contributed by atoms with Crippen LogP contribution in [0.5, 0.6) is 17.2 Å². The zero-order valence-corrected chi connectivity index (χ0v) is 17.9. The van der Waals surface area contributed by atoms with Crippen molar-refractivity contribution in [3.05, 3.63) is 59.4 Å². The Morgan fingerprint density at radius 1 is 1.00 bits per heavy atom. The molecule has 0 bridgehead atoms. The van der Waals surface area contributed by atoms with Gasteiger partial charge in [-0.25, -0.2) is 4.68 Å². The van der Waals surface area contributed by atoms with E-state index in [2.05, 4.69) is 36.2 Å². The van der Waals surface area contributed by atoms with Gasteiger partial charge in [0.1, 0.15) is 23.9 Å². The molecular formula is C21H26N4O3S. The molecule has 1 heterocycles. The van der Waals surface area contributed by atoms with E-state index in [9.17, 15) is 0 Å². The van der Waals surface area contributed by atoms with E-state index in [1.54, 1.807) is 14.2 Å². The first-order valence-corrected chi connectivity index (χ1v) is 10.3. The van der Waals surface area contributed by atoms with Crippen LogP contribution in [0.25, 0.3) is 0 Å². The molecule has 7 nitrogen and oxygen atoms in total. The summed E-state index contributed by atoms with van der Waals surface area (Å²) in [6.07, 6.45) is 0. The molecule has 0 radical (unpaired) electrons. The van der Waals surface area contributed by atoms with Gasteiger partial charge in [0.2, 0.25) is 5.16 Å². The number of nitrogen functional groups attached to an aromatic ring is 1. The molecular weight excluding hydrogens is 388 g/mol. The Morgan fingerprint density at radius 2 is 1.72 bits per heavy atom. The second-order valence-corrected chi connectivity index (χ2v) is 7.69. The maximum atomic E-state index is 6.16. The van der Waals surface area contributed by atoms with Crippen LogP contribution in [0.3, 0.4) is 0 Å². The Hall–Kier alpha value is -2.87. The molecule has 3 rings (SSSR count). The fourth-order valence-corrected chi connectivity index (χ4v) is 3.59. The zero-order valence-electron chi connectivity index (χ0n) is 17.1. The van der Waals surface area contributed by atoms with Crippen LogP contribution >= 0.6 is 11.8 Å². The second-order valence-electron chi connectivity index (χ2n) is 6.75. The summed E-state index contributed by atoms with van der Waals surface area (Å²) in [4.78, 5) is 0. The highest BCUT2D eigenvalue weighted by Crippen LogP contribution is 2.30. The van der Waals surface area contributed by atoms with E-state index in [0.29, 0.717) is 22.7 Å². The molecule has 8 heteroatoms. The number of hydrogen-bond acceptors (Lipinski definition) is 7. The van der Waals surface area contributed by atoms with Crippen LogP contribution in [0, 0.1) is 0 Å². The number of aromatic nitrogens is 3. The van der Waals surface area contributed by atoms with Crippen molar-refractivity contribution in [2.24, 2.45) is 0 Å². The highest BCUT2D eigenvalue weighted by atomic mass is 32.2. The van der Waals surface area contributed by atoms with E-state index in [4.69, 9.17) is 20.1 Å². The summed E-state index contributed by atoms with van der Waals surface area (Å²) in [5, 5.41) is 8.93. The minimum absolute atomic E-state index is 0.244. The topological polar surface area (TPSA) is 84.4 Å². The normalized spacial score (nSPS) is 10.9. The highest BCUT2D eigenvalue weighted by molar-refractivity contribution is 7.98. The third kappa shape index (κ3) is 5.14. The van der Waals surface area contributed by atoms with Gasteiger partial charge in [0.05, 0.1) is 14.2 Å². The molecule has 0 fully saturated rings. The van der Waals surface area contributed by atoms with E-state index in [-0.39, 0.29) is 6.61 Å². The lowest BCUT2D eigenvalue weighted by atomic mass is 10.0. The lowest BCUT2D eigenvalue weighted by Gasteiger charge is -2.10. The fourth-order valence-electron chi connectivity index (χ4n) is 2.74. The Morgan fingerprint density at radius 3 is 2.38 bits per heavy atom. The van der Waals surface area contributed by atoms with Crippen molar-refractivity contribution < 1.29 is 14.2 Å². The smallest absolute Gasteiger partial charge is 0.210 e. The summed E-state index contributed by atoms with van der Waals surface area (Å²) in [6, 6.07) is 13.7. The lowest BCUT2D eigenvalue weighted by molar-refractivity contribution is 0.291. The summed E-state index contributed by atoms with van der Waals surface area (Å²) in [5.41, 5.74) is 2.26. The summed E-state index contributed by atoms with van der Waals surface area (Å²) in [5.74, 6) is 10.1. The first-order chi connectivity index (χ1) is 14.0. The number of hydrogen-bond donors (Lipinski definition) is 1.